The Morgan fingerprint density at radius 3 is 2.68 bits per heavy atom. The van der Waals surface area contributed by atoms with Crippen LogP contribution in [0, 0.1) is 5.92 Å². The van der Waals surface area contributed by atoms with Gasteiger partial charge < -0.3 is 9.64 Å². The van der Waals surface area contributed by atoms with Crippen molar-refractivity contribution in [2.75, 3.05) is 25.1 Å². The van der Waals surface area contributed by atoms with E-state index in [1.54, 1.807) is 11.0 Å². The summed E-state index contributed by atoms with van der Waals surface area (Å²) in [4.78, 5) is 13.0. The molecule has 0 amide bonds. The van der Waals surface area contributed by atoms with Crippen LogP contribution in [-0.4, -0.2) is 26.2 Å². The molecule has 6 heteroatoms. The second-order valence-electron chi connectivity index (χ2n) is 4.47. The van der Waals surface area contributed by atoms with Gasteiger partial charge in [0.15, 0.2) is 0 Å². The Balaban J connectivity index is 2.23. The van der Waals surface area contributed by atoms with Crippen LogP contribution in [0.1, 0.15) is 12.0 Å². The standard InChI is InChI=1S/C13H14F3NO2/c1-19-12(18)9-6-7-17(8-9)11-5-3-2-4-10(11)13(14,15)16/h2-5,9H,6-8H2,1H3. The molecule has 0 aliphatic carbocycles. The molecule has 0 radical (unpaired) electrons. The van der Waals surface area contributed by atoms with E-state index < -0.39 is 11.7 Å². The number of carbonyl (C=O) groups excluding carboxylic acids is 1. The molecule has 1 saturated heterocycles. The summed E-state index contributed by atoms with van der Waals surface area (Å²) in [5.41, 5.74) is -0.540. The summed E-state index contributed by atoms with van der Waals surface area (Å²) in [6.45, 7) is 0.687. The summed E-state index contributed by atoms with van der Waals surface area (Å²) >= 11 is 0. The Labute approximate surface area is 109 Å². The SMILES string of the molecule is COC(=O)C1CCN(c2ccccc2C(F)(F)F)C1. The third-order valence-corrected chi connectivity index (χ3v) is 3.27. The fraction of sp³-hybridized carbons (Fsp3) is 0.462. The molecule has 0 bridgehead atoms. The van der Waals surface area contributed by atoms with E-state index in [0.29, 0.717) is 13.0 Å². The van der Waals surface area contributed by atoms with Crippen molar-refractivity contribution >= 4 is 11.7 Å². The summed E-state index contributed by atoms with van der Waals surface area (Å²) in [7, 11) is 1.29. The van der Waals surface area contributed by atoms with E-state index in [2.05, 4.69) is 4.74 Å². The maximum absolute atomic E-state index is 12.9. The van der Waals surface area contributed by atoms with Crippen LogP contribution in [-0.2, 0) is 15.7 Å². The molecular formula is C13H14F3NO2. The second kappa shape index (κ2) is 5.11. The first-order valence-electron chi connectivity index (χ1n) is 5.92. The Morgan fingerprint density at radius 2 is 2.05 bits per heavy atom. The number of hydrogen-bond acceptors (Lipinski definition) is 3. The summed E-state index contributed by atoms with van der Waals surface area (Å²) in [6, 6.07) is 5.42. The first kappa shape index (κ1) is 13.7. The van der Waals surface area contributed by atoms with E-state index in [1.165, 1.54) is 19.2 Å². The van der Waals surface area contributed by atoms with Crippen molar-refractivity contribution in [1.82, 2.24) is 0 Å². The molecule has 1 aliphatic heterocycles. The van der Waals surface area contributed by atoms with E-state index in [-0.39, 0.29) is 24.1 Å². The molecule has 1 fully saturated rings. The van der Waals surface area contributed by atoms with Gasteiger partial charge in [-0.3, -0.25) is 4.79 Å². The zero-order chi connectivity index (χ0) is 14.0. The highest BCUT2D eigenvalue weighted by molar-refractivity contribution is 5.74. The minimum Gasteiger partial charge on any atom is -0.469 e. The van der Waals surface area contributed by atoms with E-state index in [0.717, 1.165) is 6.07 Å². The fourth-order valence-corrected chi connectivity index (χ4v) is 2.33. The first-order chi connectivity index (χ1) is 8.93. The number of ether oxygens (including phenoxy) is 1. The topological polar surface area (TPSA) is 29.5 Å². The van der Waals surface area contributed by atoms with Crippen LogP contribution >= 0.6 is 0 Å². The van der Waals surface area contributed by atoms with E-state index in [1.807, 2.05) is 0 Å². The zero-order valence-corrected chi connectivity index (χ0v) is 10.4. The Kier molecular flexibility index (Phi) is 3.68. The molecule has 1 aromatic carbocycles. The molecule has 3 nitrogen and oxygen atoms in total. The number of carbonyl (C=O) groups is 1. The van der Waals surface area contributed by atoms with Crippen LogP contribution in [0.4, 0.5) is 18.9 Å². The van der Waals surface area contributed by atoms with Crippen LogP contribution in [0.15, 0.2) is 24.3 Å². The molecular weight excluding hydrogens is 259 g/mol. The van der Waals surface area contributed by atoms with Gasteiger partial charge in [-0.25, -0.2) is 0 Å². The highest BCUT2D eigenvalue weighted by Gasteiger charge is 2.37. The van der Waals surface area contributed by atoms with Crippen LogP contribution in [0.2, 0.25) is 0 Å². The van der Waals surface area contributed by atoms with Gasteiger partial charge in [0.05, 0.1) is 18.6 Å². The number of rotatable bonds is 2. The number of halogens is 3. The average Bonchev–Trinajstić information content (AvgIpc) is 2.86. The number of nitrogens with zero attached hydrogens (tertiary/aromatic N) is 1. The van der Waals surface area contributed by atoms with Crippen molar-refractivity contribution in [1.29, 1.82) is 0 Å². The largest absolute Gasteiger partial charge is 0.469 e. The predicted molar refractivity (Wildman–Crippen MR) is 63.8 cm³/mol. The van der Waals surface area contributed by atoms with Crippen LogP contribution in [0.3, 0.4) is 0 Å². The first-order valence-corrected chi connectivity index (χ1v) is 5.92. The number of anilines is 1. The van der Waals surface area contributed by atoms with Crippen molar-refractivity contribution in [2.45, 2.75) is 12.6 Å². The molecule has 0 saturated carbocycles. The minimum atomic E-state index is -4.39. The van der Waals surface area contributed by atoms with Gasteiger partial charge in [-0.15, -0.1) is 0 Å². The summed E-state index contributed by atoms with van der Waals surface area (Å²) in [5, 5.41) is 0. The summed E-state index contributed by atoms with van der Waals surface area (Å²) in [6.07, 6.45) is -3.88. The van der Waals surface area contributed by atoms with Gasteiger partial charge in [0, 0.05) is 18.8 Å². The lowest BCUT2D eigenvalue weighted by molar-refractivity contribution is -0.144. The number of para-hydroxylation sites is 1. The Bertz CT molecular complexity index is 473. The van der Waals surface area contributed by atoms with E-state index in [9.17, 15) is 18.0 Å². The molecule has 2 rings (SSSR count). The van der Waals surface area contributed by atoms with Gasteiger partial charge in [-0.05, 0) is 18.6 Å². The highest BCUT2D eigenvalue weighted by atomic mass is 19.4. The monoisotopic (exact) mass is 273 g/mol. The summed E-state index contributed by atoms with van der Waals surface area (Å²) in [5.74, 6) is -0.724. The number of hydrogen-bond donors (Lipinski definition) is 0. The second-order valence-corrected chi connectivity index (χ2v) is 4.47. The molecule has 1 aromatic rings. The van der Waals surface area contributed by atoms with E-state index >= 15 is 0 Å². The quantitative estimate of drug-likeness (QED) is 0.776. The number of methoxy groups -OCH3 is 1. The third-order valence-electron chi connectivity index (χ3n) is 3.27. The molecule has 1 atom stereocenters. The van der Waals surface area contributed by atoms with Gasteiger partial charge in [-0.1, -0.05) is 12.1 Å². The smallest absolute Gasteiger partial charge is 0.418 e. The molecule has 1 aliphatic rings. The molecule has 0 aromatic heterocycles. The lowest BCUT2D eigenvalue weighted by Gasteiger charge is -2.22. The van der Waals surface area contributed by atoms with Gasteiger partial charge in [0.2, 0.25) is 0 Å². The van der Waals surface area contributed by atoms with Gasteiger partial charge in [0.1, 0.15) is 0 Å². The van der Waals surface area contributed by atoms with Gasteiger partial charge in [0.25, 0.3) is 0 Å². The molecule has 0 N–H and O–H groups in total. The lowest BCUT2D eigenvalue weighted by atomic mass is 10.1. The average molecular weight is 273 g/mol. The fourth-order valence-electron chi connectivity index (χ4n) is 2.33. The number of alkyl halides is 3. The van der Waals surface area contributed by atoms with Crippen molar-refractivity contribution in [2.24, 2.45) is 5.92 Å². The third kappa shape index (κ3) is 2.83. The normalized spacial score (nSPS) is 19.6. The predicted octanol–water partition coefficient (Wildman–Crippen LogP) is 2.70. The van der Waals surface area contributed by atoms with Gasteiger partial charge >= 0.3 is 12.1 Å². The molecule has 0 spiro atoms. The maximum Gasteiger partial charge on any atom is 0.418 e. The minimum absolute atomic E-state index is 0.126. The molecule has 1 unspecified atom stereocenters. The number of benzene rings is 1. The molecule has 1 heterocycles. The Morgan fingerprint density at radius 1 is 1.37 bits per heavy atom. The van der Waals surface area contributed by atoms with Crippen LogP contribution in [0.25, 0.3) is 0 Å². The van der Waals surface area contributed by atoms with Gasteiger partial charge in [-0.2, -0.15) is 13.2 Å². The lowest BCUT2D eigenvalue weighted by Crippen LogP contribution is -2.25. The molecule has 19 heavy (non-hydrogen) atoms. The Hall–Kier alpha value is -1.72. The zero-order valence-electron chi connectivity index (χ0n) is 10.4. The maximum atomic E-state index is 12.9. The van der Waals surface area contributed by atoms with Crippen molar-refractivity contribution < 1.29 is 22.7 Å². The number of esters is 1. The summed E-state index contributed by atoms with van der Waals surface area (Å²) < 4.78 is 43.3. The van der Waals surface area contributed by atoms with Crippen molar-refractivity contribution in [3.8, 4) is 0 Å². The molecule has 104 valence electrons. The highest BCUT2D eigenvalue weighted by Crippen LogP contribution is 2.38. The van der Waals surface area contributed by atoms with Crippen molar-refractivity contribution in [3.05, 3.63) is 29.8 Å². The van der Waals surface area contributed by atoms with Crippen LogP contribution in [0.5, 0.6) is 0 Å². The van der Waals surface area contributed by atoms with Crippen molar-refractivity contribution in [3.63, 3.8) is 0 Å². The van der Waals surface area contributed by atoms with Crippen LogP contribution < -0.4 is 4.90 Å². The van der Waals surface area contributed by atoms with E-state index in [4.69, 9.17) is 0 Å².